The summed E-state index contributed by atoms with van der Waals surface area (Å²) in [6.45, 7) is 2.26. The normalized spacial score (nSPS) is 23.1. The maximum Gasteiger partial charge on any atom is 0.0601 e. The molecule has 0 radical (unpaired) electrons. The highest BCUT2D eigenvalue weighted by Crippen LogP contribution is 2.26. The molecule has 2 heteroatoms. The van der Waals surface area contributed by atoms with Gasteiger partial charge in [-0.15, -0.1) is 0 Å². The Hall–Kier alpha value is -0.530. The Kier molecular flexibility index (Phi) is 8.12. The Labute approximate surface area is 106 Å². The Morgan fingerprint density at radius 3 is 2.47 bits per heavy atom. The fourth-order valence-electron chi connectivity index (χ4n) is 2.86. The van der Waals surface area contributed by atoms with Crippen molar-refractivity contribution in [3.63, 3.8) is 0 Å². The van der Waals surface area contributed by atoms with E-state index in [0.717, 1.165) is 12.1 Å². The molecule has 1 unspecified atom stereocenters. The number of unbranched alkanes of at least 4 members (excludes halogenated alkanes) is 6. The predicted molar refractivity (Wildman–Crippen MR) is 73.8 cm³/mol. The second-order valence-electron chi connectivity index (χ2n) is 5.44. The first-order valence-corrected chi connectivity index (χ1v) is 7.59. The van der Waals surface area contributed by atoms with Crippen molar-refractivity contribution >= 4 is 5.71 Å². The third kappa shape index (κ3) is 6.09. The van der Waals surface area contributed by atoms with Crippen LogP contribution in [0.1, 0.15) is 84.0 Å². The molecule has 2 nitrogen and oxygen atoms in total. The van der Waals surface area contributed by atoms with Crippen molar-refractivity contribution in [3.8, 4) is 0 Å². The SMILES string of the molecule is CCCCCCCCCC1CCCC/C1=N/O. The first kappa shape index (κ1) is 14.5. The molecule has 0 heterocycles. The highest BCUT2D eigenvalue weighted by molar-refractivity contribution is 5.86. The van der Waals surface area contributed by atoms with Crippen molar-refractivity contribution in [2.45, 2.75) is 84.0 Å². The molecule has 1 aliphatic carbocycles. The minimum absolute atomic E-state index is 0.587. The topological polar surface area (TPSA) is 32.6 Å². The third-order valence-corrected chi connectivity index (χ3v) is 3.99. The van der Waals surface area contributed by atoms with Crippen molar-refractivity contribution in [2.75, 3.05) is 0 Å². The Bertz CT molecular complexity index is 213. The first-order valence-electron chi connectivity index (χ1n) is 7.59. The van der Waals surface area contributed by atoms with Gasteiger partial charge in [0.05, 0.1) is 5.71 Å². The van der Waals surface area contributed by atoms with Crippen molar-refractivity contribution in [1.29, 1.82) is 0 Å². The Balaban J connectivity index is 2.01. The van der Waals surface area contributed by atoms with Crippen LogP contribution >= 0.6 is 0 Å². The van der Waals surface area contributed by atoms with E-state index in [1.807, 2.05) is 0 Å². The molecule has 1 atom stereocenters. The van der Waals surface area contributed by atoms with Crippen LogP contribution in [-0.2, 0) is 0 Å². The molecule has 0 amide bonds. The highest BCUT2D eigenvalue weighted by Gasteiger charge is 2.20. The van der Waals surface area contributed by atoms with Gasteiger partial charge in [-0.2, -0.15) is 0 Å². The molecule has 0 aromatic carbocycles. The van der Waals surface area contributed by atoms with Gasteiger partial charge in [-0.3, -0.25) is 0 Å². The summed E-state index contributed by atoms with van der Waals surface area (Å²) in [5, 5.41) is 12.4. The monoisotopic (exact) mass is 239 g/mol. The van der Waals surface area contributed by atoms with Crippen LogP contribution < -0.4 is 0 Å². The Morgan fingerprint density at radius 2 is 1.76 bits per heavy atom. The second kappa shape index (κ2) is 9.49. The summed E-state index contributed by atoms with van der Waals surface area (Å²) in [6, 6.07) is 0. The molecule has 0 saturated heterocycles. The van der Waals surface area contributed by atoms with Crippen molar-refractivity contribution < 1.29 is 5.21 Å². The second-order valence-corrected chi connectivity index (χ2v) is 5.44. The summed E-state index contributed by atoms with van der Waals surface area (Å²) in [6.07, 6.45) is 15.6. The van der Waals surface area contributed by atoms with Crippen LogP contribution in [0.25, 0.3) is 0 Å². The van der Waals surface area contributed by atoms with Crippen LogP contribution in [-0.4, -0.2) is 10.9 Å². The summed E-state index contributed by atoms with van der Waals surface area (Å²) in [4.78, 5) is 0. The number of rotatable bonds is 8. The first-order chi connectivity index (χ1) is 8.38. The molecule has 1 N–H and O–H groups in total. The maximum atomic E-state index is 8.95. The van der Waals surface area contributed by atoms with Gasteiger partial charge in [0.2, 0.25) is 0 Å². The van der Waals surface area contributed by atoms with Gasteiger partial charge >= 0.3 is 0 Å². The number of nitrogens with zero attached hydrogens (tertiary/aromatic N) is 1. The number of hydrogen-bond acceptors (Lipinski definition) is 2. The molecular weight excluding hydrogens is 210 g/mol. The molecule has 17 heavy (non-hydrogen) atoms. The van der Waals surface area contributed by atoms with Crippen LogP contribution in [0, 0.1) is 5.92 Å². The predicted octanol–water partition coefficient (Wildman–Crippen LogP) is 5.15. The van der Waals surface area contributed by atoms with E-state index in [1.54, 1.807) is 0 Å². The molecule has 1 fully saturated rings. The summed E-state index contributed by atoms with van der Waals surface area (Å²) in [5.74, 6) is 0.587. The molecule has 0 aliphatic heterocycles. The van der Waals surface area contributed by atoms with E-state index in [-0.39, 0.29) is 0 Å². The summed E-state index contributed by atoms with van der Waals surface area (Å²) < 4.78 is 0. The van der Waals surface area contributed by atoms with E-state index in [1.165, 1.54) is 70.6 Å². The van der Waals surface area contributed by atoms with E-state index in [9.17, 15) is 0 Å². The van der Waals surface area contributed by atoms with Crippen molar-refractivity contribution in [3.05, 3.63) is 0 Å². The largest absolute Gasteiger partial charge is 0.411 e. The zero-order valence-corrected chi connectivity index (χ0v) is 11.5. The third-order valence-electron chi connectivity index (χ3n) is 3.99. The molecule has 0 aromatic rings. The van der Waals surface area contributed by atoms with Crippen molar-refractivity contribution in [1.82, 2.24) is 0 Å². The van der Waals surface area contributed by atoms with Gasteiger partial charge in [-0.1, -0.05) is 63.4 Å². The molecule has 1 rings (SSSR count). The average molecular weight is 239 g/mol. The van der Waals surface area contributed by atoms with Gasteiger partial charge in [0.25, 0.3) is 0 Å². The van der Waals surface area contributed by atoms with Gasteiger partial charge in [-0.25, -0.2) is 0 Å². The fraction of sp³-hybridized carbons (Fsp3) is 0.933. The lowest BCUT2D eigenvalue weighted by Gasteiger charge is -2.22. The Morgan fingerprint density at radius 1 is 1.06 bits per heavy atom. The van der Waals surface area contributed by atoms with Gasteiger partial charge < -0.3 is 5.21 Å². The van der Waals surface area contributed by atoms with Gasteiger partial charge in [0.1, 0.15) is 0 Å². The van der Waals surface area contributed by atoms with Gasteiger partial charge in [0.15, 0.2) is 0 Å². The summed E-state index contributed by atoms with van der Waals surface area (Å²) in [7, 11) is 0. The fourth-order valence-corrected chi connectivity index (χ4v) is 2.86. The molecule has 100 valence electrons. The molecule has 0 spiro atoms. The number of oxime groups is 1. The highest BCUT2D eigenvalue weighted by atomic mass is 16.4. The van der Waals surface area contributed by atoms with Crippen LogP contribution in [0.5, 0.6) is 0 Å². The minimum atomic E-state index is 0.587. The van der Waals surface area contributed by atoms with Crippen LogP contribution in [0.15, 0.2) is 5.16 Å². The zero-order chi connectivity index (χ0) is 12.3. The molecule has 0 bridgehead atoms. The smallest absolute Gasteiger partial charge is 0.0601 e. The van der Waals surface area contributed by atoms with E-state index in [4.69, 9.17) is 5.21 Å². The minimum Gasteiger partial charge on any atom is -0.411 e. The molecule has 1 aliphatic rings. The van der Waals surface area contributed by atoms with E-state index < -0.39 is 0 Å². The van der Waals surface area contributed by atoms with Crippen molar-refractivity contribution in [2.24, 2.45) is 11.1 Å². The molecular formula is C15H29NO. The van der Waals surface area contributed by atoms with Gasteiger partial charge in [0, 0.05) is 5.92 Å². The van der Waals surface area contributed by atoms with Crippen LogP contribution in [0.2, 0.25) is 0 Å². The average Bonchev–Trinajstić information content (AvgIpc) is 2.38. The van der Waals surface area contributed by atoms with Gasteiger partial charge in [-0.05, 0) is 25.7 Å². The molecule has 0 aromatic heterocycles. The van der Waals surface area contributed by atoms with E-state index in [2.05, 4.69) is 12.1 Å². The lowest BCUT2D eigenvalue weighted by molar-refractivity contribution is 0.307. The standard InChI is InChI=1S/C15H29NO/c1-2-3-4-5-6-7-8-11-14-12-9-10-13-15(14)16-17/h14,17H,2-13H2,1H3/b16-15-. The van der Waals surface area contributed by atoms with Crippen LogP contribution in [0.3, 0.4) is 0 Å². The van der Waals surface area contributed by atoms with E-state index in [0.29, 0.717) is 5.92 Å². The van der Waals surface area contributed by atoms with Crippen LogP contribution in [0.4, 0.5) is 0 Å². The lowest BCUT2D eigenvalue weighted by atomic mass is 9.84. The summed E-state index contributed by atoms with van der Waals surface area (Å²) >= 11 is 0. The number of hydrogen-bond donors (Lipinski definition) is 1. The van der Waals surface area contributed by atoms with E-state index >= 15 is 0 Å². The summed E-state index contributed by atoms with van der Waals surface area (Å²) in [5.41, 5.74) is 1.07. The zero-order valence-electron chi connectivity index (χ0n) is 11.5. The lowest BCUT2D eigenvalue weighted by Crippen LogP contribution is -2.19. The quantitative estimate of drug-likeness (QED) is 0.355. The maximum absolute atomic E-state index is 8.95. The molecule has 1 saturated carbocycles.